The molecule has 0 heterocycles. The molecule has 0 aromatic heterocycles. The molecule has 0 saturated carbocycles. The van der Waals surface area contributed by atoms with E-state index in [1.807, 2.05) is 18.2 Å². The molecule has 1 aliphatic carbocycles. The Morgan fingerprint density at radius 2 is 2.22 bits per heavy atom. The van der Waals surface area contributed by atoms with E-state index in [-0.39, 0.29) is 11.9 Å². The summed E-state index contributed by atoms with van der Waals surface area (Å²) in [6, 6.07) is 6.04. The van der Waals surface area contributed by atoms with Crippen LogP contribution in [0.3, 0.4) is 0 Å². The molecule has 0 fully saturated rings. The summed E-state index contributed by atoms with van der Waals surface area (Å²) >= 11 is 0. The number of benzene rings is 1. The lowest BCUT2D eigenvalue weighted by molar-refractivity contribution is -0.130. The van der Waals surface area contributed by atoms with E-state index in [1.165, 1.54) is 19.4 Å². The number of amides is 1. The first kappa shape index (κ1) is 13.1. The second-order valence-electron chi connectivity index (χ2n) is 5.46. The fraction of sp³-hybridized carbons (Fsp3) is 0.500. The third-order valence-corrected chi connectivity index (χ3v) is 3.32. The van der Waals surface area contributed by atoms with Crippen molar-refractivity contribution in [3.8, 4) is 0 Å². The molecule has 0 radical (unpaired) electrons. The molecule has 0 bridgehead atoms. The van der Waals surface area contributed by atoms with Gasteiger partial charge in [-0.2, -0.15) is 0 Å². The minimum absolute atomic E-state index is 0.206. The van der Waals surface area contributed by atoms with Gasteiger partial charge in [0, 0.05) is 11.7 Å². The van der Waals surface area contributed by atoms with Crippen LogP contribution in [-0.2, 0) is 17.6 Å². The molecule has 4 heteroatoms. The van der Waals surface area contributed by atoms with Gasteiger partial charge in [-0.3, -0.25) is 4.79 Å². The van der Waals surface area contributed by atoms with Gasteiger partial charge in [0.2, 0.25) is 0 Å². The van der Waals surface area contributed by atoms with Gasteiger partial charge >= 0.3 is 0 Å². The van der Waals surface area contributed by atoms with Crippen molar-refractivity contribution in [2.24, 2.45) is 5.73 Å². The first-order valence-electron chi connectivity index (χ1n) is 6.28. The third-order valence-electron chi connectivity index (χ3n) is 3.32. The second-order valence-corrected chi connectivity index (χ2v) is 5.46. The van der Waals surface area contributed by atoms with E-state index in [0.717, 1.165) is 30.5 Å². The van der Waals surface area contributed by atoms with Crippen LogP contribution >= 0.6 is 0 Å². The summed E-state index contributed by atoms with van der Waals surface area (Å²) in [6.45, 7) is 2.96. The van der Waals surface area contributed by atoms with E-state index >= 15 is 0 Å². The van der Waals surface area contributed by atoms with Gasteiger partial charge in [0.1, 0.15) is 5.60 Å². The highest BCUT2D eigenvalue weighted by atomic mass is 16.3. The quantitative estimate of drug-likeness (QED) is 0.736. The Labute approximate surface area is 107 Å². The molecule has 1 atom stereocenters. The van der Waals surface area contributed by atoms with E-state index in [4.69, 9.17) is 5.73 Å². The van der Waals surface area contributed by atoms with Crippen molar-refractivity contribution in [2.75, 3.05) is 5.32 Å². The predicted molar refractivity (Wildman–Crippen MR) is 71.4 cm³/mol. The summed E-state index contributed by atoms with van der Waals surface area (Å²) in [5.41, 5.74) is 7.72. The van der Waals surface area contributed by atoms with E-state index in [2.05, 4.69) is 5.32 Å². The van der Waals surface area contributed by atoms with E-state index in [9.17, 15) is 9.90 Å². The maximum Gasteiger partial charge on any atom is 0.255 e. The van der Waals surface area contributed by atoms with Crippen molar-refractivity contribution in [1.82, 2.24) is 0 Å². The zero-order valence-electron chi connectivity index (χ0n) is 10.9. The van der Waals surface area contributed by atoms with Gasteiger partial charge in [-0.15, -0.1) is 0 Å². The van der Waals surface area contributed by atoms with Crippen LogP contribution in [0.25, 0.3) is 0 Å². The molecular formula is C14H20N2O2. The summed E-state index contributed by atoms with van der Waals surface area (Å²) in [5.74, 6) is -0.384. The number of aliphatic hydroxyl groups is 1. The highest BCUT2D eigenvalue weighted by Gasteiger charge is 2.25. The van der Waals surface area contributed by atoms with Crippen LogP contribution in [-0.4, -0.2) is 22.7 Å². The van der Waals surface area contributed by atoms with Gasteiger partial charge in [0.25, 0.3) is 5.91 Å². The van der Waals surface area contributed by atoms with Crippen LogP contribution < -0.4 is 11.1 Å². The third kappa shape index (κ3) is 2.71. The van der Waals surface area contributed by atoms with Crippen molar-refractivity contribution >= 4 is 11.6 Å². The molecule has 4 nitrogen and oxygen atoms in total. The molecule has 0 saturated heterocycles. The van der Waals surface area contributed by atoms with Crippen LogP contribution in [0.5, 0.6) is 0 Å². The van der Waals surface area contributed by atoms with Crippen LogP contribution in [0.15, 0.2) is 18.2 Å². The fourth-order valence-corrected chi connectivity index (χ4v) is 2.23. The molecule has 18 heavy (non-hydrogen) atoms. The zero-order chi connectivity index (χ0) is 13.3. The average molecular weight is 248 g/mol. The maximum absolute atomic E-state index is 11.8. The number of carbonyl (C=O) groups excluding carboxylic acids is 1. The fourth-order valence-electron chi connectivity index (χ4n) is 2.23. The van der Waals surface area contributed by atoms with E-state index in [0.29, 0.717) is 0 Å². The maximum atomic E-state index is 11.8. The van der Waals surface area contributed by atoms with Crippen molar-refractivity contribution in [3.63, 3.8) is 0 Å². The average Bonchev–Trinajstić information content (AvgIpc) is 2.27. The smallest absolute Gasteiger partial charge is 0.255 e. The summed E-state index contributed by atoms with van der Waals surface area (Å²) < 4.78 is 0. The first-order chi connectivity index (χ1) is 8.38. The molecular weight excluding hydrogens is 228 g/mol. The molecule has 0 aliphatic heterocycles. The van der Waals surface area contributed by atoms with Gasteiger partial charge in [0.15, 0.2) is 0 Å². The molecule has 1 aromatic carbocycles. The number of hydrogen-bond donors (Lipinski definition) is 3. The number of rotatable bonds is 2. The second kappa shape index (κ2) is 4.71. The Balaban J connectivity index is 2.25. The van der Waals surface area contributed by atoms with Gasteiger partial charge < -0.3 is 16.2 Å². The van der Waals surface area contributed by atoms with Crippen LogP contribution in [0.1, 0.15) is 31.4 Å². The number of nitrogens with two attached hydrogens (primary N) is 1. The van der Waals surface area contributed by atoms with Gasteiger partial charge in [-0.25, -0.2) is 0 Å². The minimum Gasteiger partial charge on any atom is -0.381 e. The molecule has 2 rings (SSSR count). The largest absolute Gasteiger partial charge is 0.381 e. The van der Waals surface area contributed by atoms with Crippen LogP contribution in [0, 0.1) is 0 Å². The molecule has 1 aliphatic rings. The Morgan fingerprint density at radius 1 is 1.50 bits per heavy atom. The minimum atomic E-state index is -1.37. The molecule has 4 N–H and O–H groups in total. The number of hydrogen-bond acceptors (Lipinski definition) is 3. The Morgan fingerprint density at radius 3 is 2.89 bits per heavy atom. The Hall–Kier alpha value is -1.39. The van der Waals surface area contributed by atoms with E-state index < -0.39 is 5.60 Å². The molecule has 0 spiro atoms. The monoisotopic (exact) mass is 248 g/mol. The molecule has 1 aromatic rings. The van der Waals surface area contributed by atoms with Crippen molar-refractivity contribution in [1.29, 1.82) is 0 Å². The topological polar surface area (TPSA) is 75.3 Å². The lowest BCUT2D eigenvalue weighted by Gasteiger charge is -2.25. The Bertz CT molecular complexity index is 463. The SMILES string of the molecule is CC(C)(O)C(=O)Nc1cccc2c1CCC(N)C2. The van der Waals surface area contributed by atoms with E-state index in [1.54, 1.807) is 0 Å². The summed E-state index contributed by atoms with van der Waals surface area (Å²) in [4.78, 5) is 11.8. The van der Waals surface area contributed by atoms with Gasteiger partial charge in [-0.1, -0.05) is 12.1 Å². The van der Waals surface area contributed by atoms with Crippen molar-refractivity contribution < 1.29 is 9.90 Å². The number of carbonyl (C=O) groups is 1. The first-order valence-corrected chi connectivity index (χ1v) is 6.28. The highest BCUT2D eigenvalue weighted by Crippen LogP contribution is 2.28. The normalized spacial score (nSPS) is 19.2. The van der Waals surface area contributed by atoms with Crippen LogP contribution in [0.2, 0.25) is 0 Å². The van der Waals surface area contributed by atoms with Crippen LogP contribution in [0.4, 0.5) is 5.69 Å². The van der Waals surface area contributed by atoms with Gasteiger partial charge in [0.05, 0.1) is 0 Å². The zero-order valence-corrected chi connectivity index (χ0v) is 10.9. The summed E-state index contributed by atoms with van der Waals surface area (Å²) in [6.07, 6.45) is 2.66. The Kier molecular flexibility index (Phi) is 3.41. The molecule has 1 unspecified atom stereocenters. The number of anilines is 1. The van der Waals surface area contributed by atoms with Crippen molar-refractivity contribution in [2.45, 2.75) is 44.8 Å². The lowest BCUT2D eigenvalue weighted by atomic mass is 9.87. The molecule has 1 amide bonds. The number of nitrogens with one attached hydrogen (secondary N) is 1. The standard InChI is InChI=1S/C14H20N2O2/c1-14(2,18)13(17)16-12-5-3-4-9-8-10(15)6-7-11(9)12/h3-5,10,18H,6-8,15H2,1-2H3,(H,16,17). The summed E-state index contributed by atoms with van der Waals surface area (Å²) in [5, 5.41) is 12.5. The summed E-state index contributed by atoms with van der Waals surface area (Å²) in [7, 11) is 0. The molecule has 98 valence electrons. The van der Waals surface area contributed by atoms with Gasteiger partial charge in [-0.05, 0) is 50.3 Å². The highest BCUT2D eigenvalue weighted by molar-refractivity contribution is 5.97. The number of fused-ring (bicyclic) bond motifs is 1. The van der Waals surface area contributed by atoms with Crippen molar-refractivity contribution in [3.05, 3.63) is 29.3 Å². The lowest BCUT2D eigenvalue weighted by Crippen LogP contribution is -2.37. The predicted octanol–water partition coefficient (Wildman–Crippen LogP) is 1.21.